The number of amides is 2. The van der Waals surface area contributed by atoms with Crippen molar-refractivity contribution in [3.8, 4) is 0 Å². The zero-order valence-corrected chi connectivity index (χ0v) is 16.2. The Labute approximate surface area is 174 Å². The molecule has 0 bridgehead atoms. The number of imide groups is 1. The summed E-state index contributed by atoms with van der Waals surface area (Å²) in [5.41, 5.74) is 1.54. The summed E-state index contributed by atoms with van der Waals surface area (Å²) in [5, 5.41) is 12.8. The summed E-state index contributed by atoms with van der Waals surface area (Å²) in [5.74, 6) is -1.46. The van der Waals surface area contributed by atoms with Gasteiger partial charge in [0.05, 0.1) is 12.6 Å². The predicted molar refractivity (Wildman–Crippen MR) is 107 cm³/mol. The van der Waals surface area contributed by atoms with Gasteiger partial charge in [-0.05, 0) is 25.0 Å². The molecule has 1 aliphatic carbocycles. The topological polar surface area (TPSA) is 113 Å². The van der Waals surface area contributed by atoms with Crippen LogP contribution in [0.5, 0.6) is 0 Å². The van der Waals surface area contributed by atoms with E-state index in [0.717, 1.165) is 18.9 Å². The summed E-state index contributed by atoms with van der Waals surface area (Å²) in [6.45, 7) is 0.0482. The fourth-order valence-electron chi connectivity index (χ4n) is 3.23. The normalized spacial score (nSPS) is 17.4. The summed E-state index contributed by atoms with van der Waals surface area (Å²) in [6.07, 6.45) is 5.11. The van der Waals surface area contributed by atoms with Crippen LogP contribution >= 0.6 is 0 Å². The Morgan fingerprint density at radius 2 is 2.06 bits per heavy atom. The predicted octanol–water partition coefficient (Wildman–Crippen LogP) is 2.02. The van der Waals surface area contributed by atoms with Crippen molar-refractivity contribution >= 4 is 35.4 Å². The van der Waals surface area contributed by atoms with Crippen LogP contribution in [0.25, 0.3) is 11.7 Å². The number of halogens is 2. The van der Waals surface area contributed by atoms with Gasteiger partial charge in [-0.3, -0.25) is 14.9 Å². The van der Waals surface area contributed by atoms with Crippen LogP contribution in [0.2, 0.25) is 0 Å². The van der Waals surface area contributed by atoms with Gasteiger partial charge in [0.25, 0.3) is 5.91 Å². The van der Waals surface area contributed by atoms with Gasteiger partial charge in [-0.15, -0.1) is 0 Å². The average molecular weight is 425 g/mol. The van der Waals surface area contributed by atoms with Gasteiger partial charge < -0.3 is 10.6 Å². The molecule has 0 atom stereocenters. The van der Waals surface area contributed by atoms with Crippen molar-refractivity contribution in [2.75, 3.05) is 10.6 Å². The van der Waals surface area contributed by atoms with Crippen molar-refractivity contribution in [3.05, 3.63) is 52.7 Å². The number of hydrogen-bond acceptors (Lipinski definition) is 7. The van der Waals surface area contributed by atoms with Crippen molar-refractivity contribution in [1.82, 2.24) is 24.9 Å². The largest absolute Gasteiger partial charge is 0.351 e. The zero-order chi connectivity index (χ0) is 21.5. The SMILES string of the molecule is O=C1C/C(=C\c2cnn3c(NC4CC4)nc(NCc4ccc(F)cc4F)nc23)C(=O)N1. The lowest BCUT2D eigenvalue weighted by Gasteiger charge is -2.10. The summed E-state index contributed by atoms with van der Waals surface area (Å²) in [4.78, 5) is 32.3. The molecule has 2 fully saturated rings. The lowest BCUT2D eigenvalue weighted by Crippen LogP contribution is -2.19. The minimum atomic E-state index is -0.670. The van der Waals surface area contributed by atoms with Crippen LogP contribution < -0.4 is 16.0 Å². The van der Waals surface area contributed by atoms with Gasteiger partial charge in [-0.2, -0.15) is 19.6 Å². The second kappa shape index (κ2) is 7.42. The molecule has 3 heterocycles. The Morgan fingerprint density at radius 3 is 2.77 bits per heavy atom. The molecule has 2 aliphatic rings. The Kier molecular flexibility index (Phi) is 4.57. The van der Waals surface area contributed by atoms with Gasteiger partial charge in [0.2, 0.25) is 17.8 Å². The molecule has 2 aromatic heterocycles. The fraction of sp³-hybridized carbons (Fsp3) is 0.250. The number of benzene rings is 1. The van der Waals surface area contributed by atoms with Gasteiger partial charge in [-0.25, -0.2) is 8.78 Å². The van der Waals surface area contributed by atoms with Crippen molar-refractivity contribution in [2.45, 2.75) is 31.8 Å². The third kappa shape index (κ3) is 3.93. The first-order chi connectivity index (χ1) is 15.0. The molecule has 2 amide bonds. The van der Waals surface area contributed by atoms with Crippen LogP contribution in [0.3, 0.4) is 0 Å². The van der Waals surface area contributed by atoms with Crippen LogP contribution in [-0.2, 0) is 16.1 Å². The molecule has 11 heteroatoms. The number of aromatic nitrogens is 4. The fourth-order valence-corrected chi connectivity index (χ4v) is 3.23. The standard InChI is InChI=1S/C20H17F2N7O2/c21-13-2-1-10(15(22)7-13)8-23-19-27-17-12(5-11-6-16(30)26-18(11)31)9-24-29(17)20(28-19)25-14-3-4-14/h1-2,5,7,9,14H,3-4,6,8H2,(H,26,30,31)(H2,23,25,27,28)/b11-5+. The van der Waals surface area contributed by atoms with Crippen molar-refractivity contribution in [3.63, 3.8) is 0 Å². The van der Waals surface area contributed by atoms with Gasteiger partial charge >= 0.3 is 0 Å². The molecule has 1 saturated carbocycles. The van der Waals surface area contributed by atoms with E-state index in [1.165, 1.54) is 22.8 Å². The quantitative estimate of drug-likeness (QED) is 0.409. The lowest BCUT2D eigenvalue weighted by atomic mass is 10.1. The van der Waals surface area contributed by atoms with E-state index in [2.05, 4.69) is 31.0 Å². The Balaban J connectivity index is 1.49. The maximum Gasteiger partial charge on any atom is 0.254 e. The molecule has 1 aliphatic heterocycles. The molecule has 5 rings (SSSR count). The van der Waals surface area contributed by atoms with Gasteiger partial charge in [0, 0.05) is 35.4 Å². The third-order valence-corrected chi connectivity index (χ3v) is 4.98. The van der Waals surface area contributed by atoms with E-state index in [9.17, 15) is 18.4 Å². The van der Waals surface area contributed by atoms with Gasteiger partial charge in [-0.1, -0.05) is 6.07 Å². The number of nitrogens with zero attached hydrogens (tertiary/aromatic N) is 4. The molecule has 9 nitrogen and oxygen atoms in total. The highest BCUT2D eigenvalue weighted by Gasteiger charge is 2.26. The number of anilines is 2. The summed E-state index contributed by atoms with van der Waals surface area (Å²) < 4.78 is 28.6. The highest BCUT2D eigenvalue weighted by molar-refractivity contribution is 6.15. The van der Waals surface area contributed by atoms with E-state index in [1.54, 1.807) is 6.08 Å². The summed E-state index contributed by atoms with van der Waals surface area (Å²) in [6, 6.07) is 3.63. The second-order valence-electron chi connectivity index (χ2n) is 7.44. The molecule has 158 valence electrons. The Hall–Kier alpha value is -3.89. The molecule has 3 aromatic rings. The number of rotatable bonds is 6. The second-order valence-corrected chi connectivity index (χ2v) is 7.44. The van der Waals surface area contributed by atoms with Crippen molar-refractivity contribution < 1.29 is 18.4 Å². The van der Waals surface area contributed by atoms with Crippen LogP contribution in [0.1, 0.15) is 30.4 Å². The van der Waals surface area contributed by atoms with Crippen LogP contribution in [0, 0.1) is 11.6 Å². The van der Waals surface area contributed by atoms with Crippen LogP contribution in [0.4, 0.5) is 20.7 Å². The number of nitrogens with one attached hydrogen (secondary N) is 3. The molecule has 0 unspecified atom stereocenters. The zero-order valence-electron chi connectivity index (χ0n) is 16.2. The maximum atomic E-state index is 14.0. The summed E-state index contributed by atoms with van der Waals surface area (Å²) >= 11 is 0. The van der Waals surface area contributed by atoms with E-state index in [1.807, 2.05) is 0 Å². The molecule has 1 saturated heterocycles. The van der Waals surface area contributed by atoms with Crippen LogP contribution in [-0.4, -0.2) is 37.4 Å². The van der Waals surface area contributed by atoms with E-state index >= 15 is 0 Å². The van der Waals surface area contributed by atoms with E-state index in [0.29, 0.717) is 22.7 Å². The van der Waals surface area contributed by atoms with E-state index in [4.69, 9.17) is 0 Å². The number of hydrogen-bond donors (Lipinski definition) is 3. The number of carbonyl (C=O) groups is 2. The average Bonchev–Trinajstić information content (AvgIpc) is 3.36. The first kappa shape index (κ1) is 19.1. The van der Waals surface area contributed by atoms with Crippen molar-refractivity contribution in [2.24, 2.45) is 0 Å². The number of carbonyl (C=O) groups excluding carboxylic acids is 2. The number of fused-ring (bicyclic) bond motifs is 1. The first-order valence-electron chi connectivity index (χ1n) is 9.71. The summed E-state index contributed by atoms with van der Waals surface area (Å²) in [7, 11) is 0. The highest BCUT2D eigenvalue weighted by atomic mass is 19.1. The lowest BCUT2D eigenvalue weighted by molar-refractivity contribution is -0.124. The third-order valence-electron chi connectivity index (χ3n) is 4.98. The van der Waals surface area contributed by atoms with Crippen LogP contribution in [0.15, 0.2) is 30.0 Å². The monoisotopic (exact) mass is 425 g/mol. The highest BCUT2D eigenvalue weighted by Crippen LogP contribution is 2.26. The molecule has 0 spiro atoms. The van der Waals surface area contributed by atoms with Gasteiger partial charge in [0.15, 0.2) is 5.65 Å². The smallest absolute Gasteiger partial charge is 0.254 e. The Bertz CT molecular complexity index is 1250. The molecule has 31 heavy (non-hydrogen) atoms. The van der Waals surface area contributed by atoms with Gasteiger partial charge in [0.1, 0.15) is 11.6 Å². The maximum absolute atomic E-state index is 14.0. The molecule has 0 radical (unpaired) electrons. The molecular weight excluding hydrogens is 408 g/mol. The molecular formula is C20H17F2N7O2. The molecule has 3 N–H and O–H groups in total. The molecule has 1 aromatic carbocycles. The minimum absolute atomic E-state index is 0.0105. The van der Waals surface area contributed by atoms with Crippen molar-refractivity contribution in [1.29, 1.82) is 0 Å². The van der Waals surface area contributed by atoms with E-state index in [-0.39, 0.29) is 36.4 Å². The van der Waals surface area contributed by atoms with E-state index < -0.39 is 17.5 Å². The minimum Gasteiger partial charge on any atom is -0.351 e. The first-order valence-corrected chi connectivity index (χ1v) is 9.71. The Morgan fingerprint density at radius 1 is 1.23 bits per heavy atom.